The summed E-state index contributed by atoms with van der Waals surface area (Å²) in [7, 11) is 4.77. The summed E-state index contributed by atoms with van der Waals surface area (Å²) < 4.78 is 11.8. The maximum atomic E-state index is 12.2. The third-order valence-electron chi connectivity index (χ3n) is 3.28. The number of rotatable bonds is 6. The molecular weight excluding hydrogens is 298 g/mol. The Bertz CT molecular complexity index is 725. The molecule has 0 aliphatic rings. The molecule has 2 aromatic rings. The number of hydrogen-bond acceptors (Lipinski definition) is 5. The molecular formula is C16H19N3O4. The van der Waals surface area contributed by atoms with Gasteiger partial charge in [0.05, 0.1) is 13.7 Å². The van der Waals surface area contributed by atoms with Crippen molar-refractivity contribution in [3.8, 4) is 11.5 Å². The molecule has 2 rings (SSSR count). The number of amides is 1. The second-order valence-electron chi connectivity index (χ2n) is 4.93. The molecule has 1 heterocycles. The SMILES string of the molecule is COc1ccc(OCCN(C)C(=O)c2ccc(=O)n(C)n2)cc1. The van der Waals surface area contributed by atoms with E-state index in [9.17, 15) is 9.59 Å². The largest absolute Gasteiger partial charge is 0.497 e. The van der Waals surface area contributed by atoms with Gasteiger partial charge in [-0.1, -0.05) is 0 Å². The zero-order valence-corrected chi connectivity index (χ0v) is 13.4. The maximum Gasteiger partial charge on any atom is 0.274 e. The zero-order valence-electron chi connectivity index (χ0n) is 13.4. The highest BCUT2D eigenvalue weighted by Crippen LogP contribution is 2.16. The minimum absolute atomic E-state index is 0.221. The van der Waals surface area contributed by atoms with Gasteiger partial charge in [0.15, 0.2) is 0 Å². The fraction of sp³-hybridized carbons (Fsp3) is 0.312. The highest BCUT2D eigenvalue weighted by molar-refractivity contribution is 5.91. The van der Waals surface area contributed by atoms with E-state index in [1.165, 1.54) is 24.1 Å². The van der Waals surface area contributed by atoms with Gasteiger partial charge in [-0.05, 0) is 30.3 Å². The van der Waals surface area contributed by atoms with E-state index in [0.29, 0.717) is 18.9 Å². The van der Waals surface area contributed by atoms with E-state index in [1.54, 1.807) is 38.4 Å². The number of methoxy groups -OCH3 is 1. The van der Waals surface area contributed by atoms with Gasteiger partial charge in [0.2, 0.25) is 0 Å². The van der Waals surface area contributed by atoms with E-state index in [-0.39, 0.29) is 17.2 Å². The first-order chi connectivity index (χ1) is 11.0. The second-order valence-corrected chi connectivity index (χ2v) is 4.93. The number of likely N-dealkylation sites (N-methyl/N-ethyl adjacent to an activating group) is 1. The fourth-order valence-corrected chi connectivity index (χ4v) is 1.89. The lowest BCUT2D eigenvalue weighted by Crippen LogP contribution is -2.33. The van der Waals surface area contributed by atoms with Crippen molar-refractivity contribution in [2.75, 3.05) is 27.3 Å². The van der Waals surface area contributed by atoms with Crippen molar-refractivity contribution in [1.29, 1.82) is 0 Å². The van der Waals surface area contributed by atoms with Gasteiger partial charge in [0.1, 0.15) is 23.8 Å². The van der Waals surface area contributed by atoms with Crippen molar-refractivity contribution in [2.45, 2.75) is 0 Å². The molecule has 1 aromatic carbocycles. The summed E-state index contributed by atoms with van der Waals surface area (Å²) in [6.45, 7) is 0.746. The van der Waals surface area contributed by atoms with Crippen molar-refractivity contribution in [2.24, 2.45) is 7.05 Å². The summed E-state index contributed by atoms with van der Waals surface area (Å²) >= 11 is 0. The molecule has 0 spiro atoms. The number of hydrogen-bond donors (Lipinski definition) is 0. The Kier molecular flexibility index (Phi) is 5.35. The van der Waals surface area contributed by atoms with Crippen LogP contribution in [-0.4, -0.2) is 47.9 Å². The molecule has 0 saturated carbocycles. The van der Waals surface area contributed by atoms with E-state index in [4.69, 9.17) is 9.47 Å². The van der Waals surface area contributed by atoms with Gasteiger partial charge in [0, 0.05) is 20.2 Å². The van der Waals surface area contributed by atoms with Crippen LogP contribution in [0.4, 0.5) is 0 Å². The first-order valence-corrected chi connectivity index (χ1v) is 7.08. The number of ether oxygens (including phenoxy) is 2. The summed E-state index contributed by atoms with van der Waals surface area (Å²) in [4.78, 5) is 25.0. The van der Waals surface area contributed by atoms with Crippen LogP contribution in [0.15, 0.2) is 41.2 Å². The second kappa shape index (κ2) is 7.44. The van der Waals surface area contributed by atoms with Crippen LogP contribution in [0.2, 0.25) is 0 Å². The Morgan fingerprint density at radius 3 is 2.43 bits per heavy atom. The van der Waals surface area contributed by atoms with Crippen LogP contribution in [0.5, 0.6) is 11.5 Å². The summed E-state index contributed by atoms with van der Waals surface area (Å²) in [6, 6.07) is 9.95. The third-order valence-corrected chi connectivity index (χ3v) is 3.28. The van der Waals surface area contributed by atoms with Crippen molar-refractivity contribution in [3.63, 3.8) is 0 Å². The van der Waals surface area contributed by atoms with E-state index < -0.39 is 0 Å². The zero-order chi connectivity index (χ0) is 16.8. The van der Waals surface area contributed by atoms with Gasteiger partial charge < -0.3 is 14.4 Å². The minimum Gasteiger partial charge on any atom is -0.497 e. The predicted octanol–water partition coefficient (Wildman–Crippen LogP) is 0.940. The van der Waals surface area contributed by atoms with Crippen LogP contribution in [0.25, 0.3) is 0 Å². The standard InChI is InChI=1S/C16H19N3O4/c1-18(16(21)14-8-9-15(20)19(2)17-14)10-11-23-13-6-4-12(22-3)5-7-13/h4-9H,10-11H2,1-3H3. The van der Waals surface area contributed by atoms with Gasteiger partial charge in [-0.25, -0.2) is 4.68 Å². The van der Waals surface area contributed by atoms with E-state index in [1.807, 2.05) is 0 Å². The van der Waals surface area contributed by atoms with Gasteiger partial charge in [-0.2, -0.15) is 5.10 Å². The highest BCUT2D eigenvalue weighted by atomic mass is 16.5. The Balaban J connectivity index is 1.88. The summed E-state index contributed by atoms with van der Waals surface area (Å²) in [5.74, 6) is 1.19. The van der Waals surface area contributed by atoms with Crippen LogP contribution < -0.4 is 15.0 Å². The molecule has 1 amide bonds. The van der Waals surface area contributed by atoms with Crippen molar-refractivity contribution < 1.29 is 14.3 Å². The number of benzene rings is 1. The van der Waals surface area contributed by atoms with Gasteiger partial charge in [0.25, 0.3) is 11.5 Å². The van der Waals surface area contributed by atoms with E-state index in [2.05, 4.69) is 5.10 Å². The van der Waals surface area contributed by atoms with Crippen LogP contribution in [0, 0.1) is 0 Å². The summed E-state index contributed by atoms with van der Waals surface area (Å²) in [5.41, 5.74) is -0.0360. The van der Waals surface area contributed by atoms with Gasteiger partial charge in [-0.15, -0.1) is 0 Å². The maximum absolute atomic E-state index is 12.2. The van der Waals surface area contributed by atoms with E-state index >= 15 is 0 Å². The smallest absolute Gasteiger partial charge is 0.274 e. The molecule has 7 heteroatoms. The normalized spacial score (nSPS) is 10.2. The third kappa shape index (κ3) is 4.32. The summed E-state index contributed by atoms with van der Waals surface area (Å²) in [6.07, 6.45) is 0. The minimum atomic E-state index is -0.265. The van der Waals surface area contributed by atoms with Crippen molar-refractivity contribution in [3.05, 3.63) is 52.4 Å². The quantitative estimate of drug-likeness (QED) is 0.793. The molecule has 1 aromatic heterocycles. The molecule has 122 valence electrons. The highest BCUT2D eigenvalue weighted by Gasteiger charge is 2.14. The van der Waals surface area contributed by atoms with Crippen LogP contribution in [0.1, 0.15) is 10.5 Å². The molecule has 0 aliphatic heterocycles. The van der Waals surface area contributed by atoms with E-state index in [0.717, 1.165) is 10.4 Å². The van der Waals surface area contributed by atoms with Crippen LogP contribution in [0.3, 0.4) is 0 Å². The number of nitrogens with zero attached hydrogens (tertiary/aromatic N) is 3. The number of carbonyl (C=O) groups excluding carboxylic acids is 1. The van der Waals surface area contributed by atoms with Gasteiger partial charge >= 0.3 is 0 Å². The molecule has 0 unspecified atom stereocenters. The average Bonchev–Trinajstić information content (AvgIpc) is 2.57. The lowest BCUT2D eigenvalue weighted by molar-refractivity contribution is 0.0765. The Labute approximate surface area is 134 Å². The molecule has 0 aliphatic carbocycles. The van der Waals surface area contributed by atoms with Gasteiger partial charge in [-0.3, -0.25) is 9.59 Å². The van der Waals surface area contributed by atoms with Crippen molar-refractivity contribution >= 4 is 5.91 Å². The predicted molar refractivity (Wildman–Crippen MR) is 84.9 cm³/mol. The molecule has 0 N–H and O–H groups in total. The number of carbonyl (C=O) groups is 1. The molecule has 23 heavy (non-hydrogen) atoms. The lowest BCUT2D eigenvalue weighted by Gasteiger charge is -2.17. The topological polar surface area (TPSA) is 73.7 Å². The molecule has 0 bridgehead atoms. The molecule has 0 atom stereocenters. The molecule has 0 radical (unpaired) electrons. The Morgan fingerprint density at radius 1 is 1.17 bits per heavy atom. The van der Waals surface area contributed by atoms with Crippen molar-refractivity contribution in [1.82, 2.24) is 14.7 Å². The molecule has 0 fully saturated rings. The number of aromatic nitrogens is 2. The Hall–Kier alpha value is -2.83. The first kappa shape index (κ1) is 16.5. The average molecular weight is 317 g/mol. The fourth-order valence-electron chi connectivity index (χ4n) is 1.89. The summed E-state index contributed by atoms with van der Waals surface area (Å²) in [5, 5.41) is 3.94. The first-order valence-electron chi connectivity index (χ1n) is 7.08. The van der Waals surface area contributed by atoms with Crippen LogP contribution >= 0.6 is 0 Å². The lowest BCUT2D eigenvalue weighted by atomic mass is 10.3. The monoisotopic (exact) mass is 317 g/mol. The molecule has 0 saturated heterocycles. The van der Waals surface area contributed by atoms with Crippen LogP contribution in [-0.2, 0) is 7.05 Å². The Morgan fingerprint density at radius 2 is 1.83 bits per heavy atom. The number of aryl methyl sites for hydroxylation is 1. The molecule has 7 nitrogen and oxygen atoms in total.